The first kappa shape index (κ1) is 22.7. The molecule has 1 aromatic rings. The highest BCUT2D eigenvalue weighted by Gasteiger charge is 2.26. The molecule has 0 saturated carbocycles. The molecular weight excluding hydrogens is 414 g/mol. The zero-order valence-corrected chi connectivity index (χ0v) is 19.2. The minimum absolute atomic E-state index is 0.182. The summed E-state index contributed by atoms with van der Waals surface area (Å²) in [5, 5.41) is 0. The Kier molecular flexibility index (Phi) is 7.63. The van der Waals surface area contributed by atoms with Crippen LogP contribution < -0.4 is 0 Å². The molecule has 0 aromatic heterocycles. The van der Waals surface area contributed by atoms with E-state index in [4.69, 9.17) is 4.74 Å². The summed E-state index contributed by atoms with van der Waals surface area (Å²) in [7, 11) is -3.40. The first-order valence-electron chi connectivity index (χ1n) is 11.7. The molecule has 0 N–H and O–H groups in total. The van der Waals surface area contributed by atoms with E-state index in [9.17, 15) is 13.2 Å². The topological polar surface area (TPSA) is 70.2 Å². The van der Waals surface area contributed by atoms with Crippen LogP contribution in [0.25, 0.3) is 0 Å². The van der Waals surface area contributed by atoms with E-state index in [-0.39, 0.29) is 5.91 Å². The summed E-state index contributed by atoms with van der Waals surface area (Å²) in [6.45, 7) is 6.46. The molecule has 3 aliphatic heterocycles. The van der Waals surface area contributed by atoms with Gasteiger partial charge in [-0.3, -0.25) is 9.69 Å². The highest BCUT2D eigenvalue weighted by atomic mass is 32.2. The number of benzene rings is 1. The molecule has 1 atom stereocenters. The fourth-order valence-corrected chi connectivity index (χ4v) is 6.27. The van der Waals surface area contributed by atoms with E-state index < -0.39 is 10.0 Å². The van der Waals surface area contributed by atoms with Crippen LogP contribution in [0.1, 0.15) is 44.1 Å². The van der Waals surface area contributed by atoms with Gasteiger partial charge in [0, 0.05) is 58.8 Å². The van der Waals surface area contributed by atoms with E-state index in [1.165, 1.54) is 0 Å². The molecule has 0 aliphatic carbocycles. The second-order valence-electron chi connectivity index (χ2n) is 8.93. The quantitative estimate of drug-likeness (QED) is 0.638. The lowest BCUT2D eigenvalue weighted by Crippen LogP contribution is -2.50. The SMILES string of the molecule is O=C(CCc1ccc(S(=O)(=O)N2CCCCC2)cc1)N1CCN(CC2CCCO2)CC1. The van der Waals surface area contributed by atoms with Gasteiger partial charge in [-0.05, 0) is 49.8 Å². The normalized spacial score (nSPS) is 23.9. The fourth-order valence-electron chi connectivity index (χ4n) is 4.75. The van der Waals surface area contributed by atoms with Crippen molar-refractivity contribution >= 4 is 15.9 Å². The van der Waals surface area contributed by atoms with Crippen molar-refractivity contribution in [2.24, 2.45) is 0 Å². The summed E-state index contributed by atoms with van der Waals surface area (Å²) in [6.07, 6.45) is 6.74. The molecule has 3 fully saturated rings. The summed E-state index contributed by atoms with van der Waals surface area (Å²) in [6, 6.07) is 7.08. The Bertz CT molecular complexity index is 823. The lowest BCUT2D eigenvalue weighted by molar-refractivity contribution is -0.133. The number of aryl methyl sites for hydroxylation is 1. The molecule has 4 rings (SSSR count). The average Bonchev–Trinajstić information content (AvgIpc) is 3.32. The minimum atomic E-state index is -3.40. The monoisotopic (exact) mass is 449 g/mol. The number of nitrogens with zero attached hydrogens (tertiary/aromatic N) is 3. The van der Waals surface area contributed by atoms with Gasteiger partial charge in [0.15, 0.2) is 0 Å². The maximum atomic E-state index is 12.8. The Morgan fingerprint density at radius 1 is 0.935 bits per heavy atom. The average molecular weight is 450 g/mol. The third kappa shape index (κ3) is 5.86. The third-order valence-corrected chi connectivity index (χ3v) is 8.63. The molecule has 0 spiro atoms. The van der Waals surface area contributed by atoms with Crippen molar-refractivity contribution in [3.63, 3.8) is 0 Å². The van der Waals surface area contributed by atoms with Crippen LogP contribution >= 0.6 is 0 Å². The molecule has 3 saturated heterocycles. The van der Waals surface area contributed by atoms with Crippen molar-refractivity contribution in [3.05, 3.63) is 29.8 Å². The van der Waals surface area contributed by atoms with Crippen LogP contribution in [0.4, 0.5) is 0 Å². The van der Waals surface area contributed by atoms with Crippen molar-refractivity contribution in [2.45, 2.75) is 55.9 Å². The van der Waals surface area contributed by atoms with Crippen LogP contribution in [0.5, 0.6) is 0 Å². The van der Waals surface area contributed by atoms with Gasteiger partial charge in [-0.2, -0.15) is 4.31 Å². The summed E-state index contributed by atoms with van der Waals surface area (Å²) >= 11 is 0. The Labute approximate surface area is 186 Å². The first-order chi connectivity index (χ1) is 15.0. The predicted octanol–water partition coefficient (Wildman–Crippen LogP) is 2.12. The molecule has 8 heteroatoms. The van der Waals surface area contributed by atoms with Crippen LogP contribution in [0, 0.1) is 0 Å². The van der Waals surface area contributed by atoms with E-state index in [0.717, 1.165) is 77.0 Å². The van der Waals surface area contributed by atoms with Gasteiger partial charge < -0.3 is 9.64 Å². The zero-order chi connectivity index (χ0) is 21.7. The van der Waals surface area contributed by atoms with Crippen molar-refractivity contribution in [1.82, 2.24) is 14.1 Å². The number of ether oxygens (including phenoxy) is 1. The molecule has 1 amide bonds. The molecule has 31 heavy (non-hydrogen) atoms. The Hall–Kier alpha value is -1.48. The van der Waals surface area contributed by atoms with E-state index in [2.05, 4.69) is 4.90 Å². The maximum absolute atomic E-state index is 12.8. The molecule has 3 aliphatic rings. The lowest BCUT2D eigenvalue weighted by Gasteiger charge is -2.35. The van der Waals surface area contributed by atoms with Crippen molar-refractivity contribution in [2.75, 3.05) is 52.4 Å². The van der Waals surface area contributed by atoms with Gasteiger partial charge in [0.05, 0.1) is 11.0 Å². The van der Waals surface area contributed by atoms with Gasteiger partial charge >= 0.3 is 0 Å². The number of piperazine rings is 1. The molecule has 7 nitrogen and oxygen atoms in total. The van der Waals surface area contributed by atoms with Gasteiger partial charge in [-0.15, -0.1) is 0 Å². The lowest BCUT2D eigenvalue weighted by atomic mass is 10.1. The second kappa shape index (κ2) is 10.4. The molecule has 3 heterocycles. The smallest absolute Gasteiger partial charge is 0.243 e. The molecule has 0 bridgehead atoms. The summed E-state index contributed by atoms with van der Waals surface area (Å²) in [4.78, 5) is 17.4. The predicted molar refractivity (Wildman–Crippen MR) is 119 cm³/mol. The van der Waals surface area contributed by atoms with E-state index in [1.807, 2.05) is 17.0 Å². The molecule has 172 valence electrons. The fraction of sp³-hybridized carbons (Fsp3) is 0.696. The highest BCUT2D eigenvalue weighted by molar-refractivity contribution is 7.89. The number of carbonyl (C=O) groups excluding carboxylic acids is 1. The number of amides is 1. The number of hydrogen-bond donors (Lipinski definition) is 0. The largest absolute Gasteiger partial charge is 0.377 e. The number of sulfonamides is 1. The Morgan fingerprint density at radius 3 is 2.29 bits per heavy atom. The van der Waals surface area contributed by atoms with Gasteiger partial charge in [0.25, 0.3) is 0 Å². The second-order valence-corrected chi connectivity index (χ2v) is 10.9. The van der Waals surface area contributed by atoms with E-state index >= 15 is 0 Å². The maximum Gasteiger partial charge on any atom is 0.243 e. The molecule has 1 unspecified atom stereocenters. The van der Waals surface area contributed by atoms with Crippen molar-refractivity contribution in [1.29, 1.82) is 0 Å². The summed E-state index contributed by atoms with van der Waals surface area (Å²) in [5.41, 5.74) is 1.00. The van der Waals surface area contributed by atoms with Gasteiger partial charge in [-0.25, -0.2) is 8.42 Å². The highest BCUT2D eigenvalue weighted by Crippen LogP contribution is 2.21. The van der Waals surface area contributed by atoms with Crippen LogP contribution in [-0.4, -0.2) is 87.0 Å². The molecule has 0 radical (unpaired) electrons. The van der Waals surface area contributed by atoms with Crippen molar-refractivity contribution in [3.8, 4) is 0 Å². The standard InChI is InChI=1S/C23H35N3O4S/c27-23(25-16-14-24(15-17-25)19-21-5-4-18-30-21)11-8-20-6-9-22(10-7-20)31(28,29)26-12-2-1-3-13-26/h6-7,9-10,21H,1-5,8,11-19H2. The van der Waals surface area contributed by atoms with Crippen LogP contribution in [0.3, 0.4) is 0 Å². The Morgan fingerprint density at radius 2 is 1.65 bits per heavy atom. The van der Waals surface area contributed by atoms with Crippen LogP contribution in [0.2, 0.25) is 0 Å². The number of hydrogen-bond acceptors (Lipinski definition) is 5. The first-order valence-corrected chi connectivity index (χ1v) is 13.2. The number of rotatable bonds is 7. The number of carbonyl (C=O) groups is 1. The third-order valence-electron chi connectivity index (χ3n) is 6.71. The molecule has 1 aromatic carbocycles. The molecular formula is C23H35N3O4S. The summed E-state index contributed by atoms with van der Waals surface area (Å²) in [5.74, 6) is 0.182. The van der Waals surface area contributed by atoms with Gasteiger partial charge in [0.1, 0.15) is 0 Å². The van der Waals surface area contributed by atoms with Crippen LogP contribution in [-0.2, 0) is 26.0 Å². The van der Waals surface area contributed by atoms with E-state index in [0.29, 0.717) is 36.9 Å². The van der Waals surface area contributed by atoms with E-state index in [1.54, 1.807) is 16.4 Å². The summed E-state index contributed by atoms with van der Waals surface area (Å²) < 4.78 is 32.8. The Balaban J connectivity index is 1.22. The minimum Gasteiger partial charge on any atom is -0.377 e. The van der Waals surface area contributed by atoms with Crippen molar-refractivity contribution < 1.29 is 17.9 Å². The van der Waals surface area contributed by atoms with Crippen LogP contribution in [0.15, 0.2) is 29.2 Å². The van der Waals surface area contributed by atoms with Gasteiger partial charge in [-0.1, -0.05) is 18.6 Å². The number of piperidine rings is 1. The van der Waals surface area contributed by atoms with Gasteiger partial charge in [0.2, 0.25) is 15.9 Å². The zero-order valence-electron chi connectivity index (χ0n) is 18.4.